The average molecular weight is 513 g/mol. The number of alkyl halides is 1. The van der Waals surface area contributed by atoms with Crippen LogP contribution in [-0.2, 0) is 0 Å². The minimum absolute atomic E-state index is 0.0519. The molecule has 2 bridgehead atoms. The van der Waals surface area contributed by atoms with Crippen LogP contribution in [0.15, 0.2) is 35.3 Å². The summed E-state index contributed by atoms with van der Waals surface area (Å²) in [5.74, 6) is 0.812. The minimum atomic E-state index is -1.09. The molecule has 0 spiro atoms. The number of pyridine rings is 1. The Morgan fingerprint density at radius 1 is 1.11 bits per heavy atom. The molecule has 0 radical (unpaired) electrons. The van der Waals surface area contributed by atoms with Crippen molar-refractivity contribution < 1.29 is 9.18 Å². The Morgan fingerprint density at radius 2 is 1.78 bits per heavy atom. The average Bonchev–Trinajstić information content (AvgIpc) is 3.02. The van der Waals surface area contributed by atoms with E-state index in [0.29, 0.717) is 28.7 Å². The lowest BCUT2D eigenvalue weighted by molar-refractivity contribution is 0.0939. The number of likely N-dealkylation sites (tertiary alicyclic amines) is 1. The molecule has 36 heavy (non-hydrogen) atoms. The molecule has 1 amide bonds. The molecule has 8 heteroatoms. The lowest BCUT2D eigenvalue weighted by Crippen LogP contribution is -2.47. The summed E-state index contributed by atoms with van der Waals surface area (Å²) in [7, 11) is 4.80. The molecule has 194 valence electrons. The molecule has 2 heterocycles. The number of aromatic nitrogens is 1. The highest BCUT2D eigenvalue weighted by atomic mass is 31.0. The highest BCUT2D eigenvalue weighted by molar-refractivity contribution is 7.27. The molecule has 2 aromatic rings. The Labute approximate surface area is 215 Å². The lowest BCUT2D eigenvalue weighted by atomic mass is 9.91. The summed E-state index contributed by atoms with van der Waals surface area (Å²) in [4.78, 5) is 29.1. The number of rotatable bonds is 7. The minimum Gasteiger partial charge on any atom is -0.381 e. The first-order valence-corrected chi connectivity index (χ1v) is 13.8. The van der Waals surface area contributed by atoms with Crippen molar-refractivity contribution in [3.8, 4) is 0 Å². The van der Waals surface area contributed by atoms with Crippen LogP contribution >= 0.6 is 9.24 Å². The third kappa shape index (κ3) is 4.84. The van der Waals surface area contributed by atoms with E-state index in [-0.39, 0.29) is 29.6 Å². The normalized spacial score (nSPS) is 25.8. The molecule has 1 aromatic heterocycles. The SMILES string of the molecule is CC(F)c1cccc([C@@H](C)NC(=O)c2cn(C3CCC3)c(=O)cc2N[C@H]2[C@@H]3CC[C@H]2CN(C)C3)c1P. The Bertz CT molecular complexity index is 1180. The van der Waals surface area contributed by atoms with Crippen LogP contribution in [0.4, 0.5) is 10.1 Å². The second kappa shape index (κ2) is 10.3. The summed E-state index contributed by atoms with van der Waals surface area (Å²) >= 11 is 0. The van der Waals surface area contributed by atoms with Crippen molar-refractivity contribution in [2.24, 2.45) is 11.8 Å². The number of piperidine rings is 1. The predicted octanol–water partition coefficient (Wildman–Crippen LogP) is 4.35. The second-order valence-electron chi connectivity index (χ2n) is 11.1. The molecule has 2 aliphatic carbocycles. The Morgan fingerprint density at radius 3 is 2.39 bits per heavy atom. The number of hydrogen-bond acceptors (Lipinski definition) is 4. The number of benzene rings is 1. The standard InChI is InChI=1S/C28H38FN4O2P/c1-16(29)21-8-5-9-22(27(21)36)17(2)30-28(35)23-15-33(20-6-4-7-20)25(34)12-24(23)31-26-18-10-11-19(26)14-32(3)13-18/h5,8-9,12,15-20,26,31H,4,6-7,10-11,13-14,36H2,1-3H3,(H,30,35)/t16?,17-,18-,19+,26+/m1/s1. The molecule has 6 atom stereocenters. The van der Waals surface area contributed by atoms with Gasteiger partial charge < -0.3 is 20.1 Å². The van der Waals surface area contributed by atoms with Crippen molar-refractivity contribution in [3.63, 3.8) is 0 Å². The van der Waals surface area contributed by atoms with Crippen LogP contribution in [-0.4, -0.2) is 41.6 Å². The van der Waals surface area contributed by atoms with Gasteiger partial charge in [-0.25, -0.2) is 4.39 Å². The van der Waals surface area contributed by atoms with Crippen molar-refractivity contribution in [2.75, 3.05) is 25.5 Å². The van der Waals surface area contributed by atoms with Gasteiger partial charge in [0.05, 0.1) is 17.3 Å². The molecule has 2 saturated carbocycles. The fourth-order valence-electron chi connectivity index (χ4n) is 6.35. The van der Waals surface area contributed by atoms with Gasteiger partial charge in [0.2, 0.25) is 0 Å². The first kappa shape index (κ1) is 25.4. The van der Waals surface area contributed by atoms with Crippen molar-refractivity contribution in [1.82, 2.24) is 14.8 Å². The first-order valence-electron chi connectivity index (χ1n) is 13.3. The van der Waals surface area contributed by atoms with Crippen LogP contribution in [0.2, 0.25) is 0 Å². The Hall–Kier alpha value is -2.24. The van der Waals surface area contributed by atoms with E-state index in [0.717, 1.165) is 43.2 Å². The molecular formula is C28H38FN4O2P. The largest absolute Gasteiger partial charge is 0.381 e. The van der Waals surface area contributed by atoms with E-state index in [9.17, 15) is 14.0 Å². The number of fused-ring (bicyclic) bond motifs is 2. The Balaban J connectivity index is 1.44. The van der Waals surface area contributed by atoms with E-state index in [1.165, 1.54) is 19.8 Å². The first-order chi connectivity index (χ1) is 17.2. The van der Waals surface area contributed by atoms with Gasteiger partial charge in [-0.15, -0.1) is 9.24 Å². The maximum absolute atomic E-state index is 14.1. The van der Waals surface area contributed by atoms with Gasteiger partial charge in [0.15, 0.2) is 0 Å². The van der Waals surface area contributed by atoms with Gasteiger partial charge in [0.25, 0.3) is 11.5 Å². The molecule has 2 unspecified atom stereocenters. The molecule has 3 aliphatic rings. The summed E-state index contributed by atoms with van der Waals surface area (Å²) < 4.78 is 15.8. The van der Waals surface area contributed by atoms with Crippen LogP contribution in [0.25, 0.3) is 0 Å². The van der Waals surface area contributed by atoms with Gasteiger partial charge in [0, 0.05) is 37.4 Å². The smallest absolute Gasteiger partial charge is 0.255 e. The summed E-state index contributed by atoms with van der Waals surface area (Å²) in [5.41, 5.74) is 2.56. The quantitative estimate of drug-likeness (QED) is 0.542. The molecular weight excluding hydrogens is 474 g/mol. The molecule has 1 saturated heterocycles. The molecule has 6 nitrogen and oxygen atoms in total. The molecule has 5 rings (SSSR count). The number of halogens is 1. The van der Waals surface area contributed by atoms with Gasteiger partial charge in [-0.1, -0.05) is 18.2 Å². The summed E-state index contributed by atoms with van der Waals surface area (Å²) in [6, 6.07) is 7.27. The Kier molecular flexibility index (Phi) is 7.24. The fourth-order valence-corrected chi connectivity index (χ4v) is 7.02. The van der Waals surface area contributed by atoms with Gasteiger partial charge in [0.1, 0.15) is 6.17 Å². The summed E-state index contributed by atoms with van der Waals surface area (Å²) in [5, 5.41) is 7.55. The number of hydrogen-bond donors (Lipinski definition) is 2. The van der Waals surface area contributed by atoms with Gasteiger partial charge in [-0.05, 0) is 81.3 Å². The topological polar surface area (TPSA) is 66.4 Å². The van der Waals surface area contributed by atoms with Gasteiger partial charge in [-0.2, -0.15) is 0 Å². The summed E-state index contributed by atoms with van der Waals surface area (Å²) in [6.45, 7) is 5.51. The number of nitrogens with one attached hydrogen (secondary N) is 2. The maximum atomic E-state index is 14.1. The number of amides is 1. The van der Waals surface area contributed by atoms with Crippen LogP contribution in [0.5, 0.6) is 0 Å². The summed E-state index contributed by atoms with van der Waals surface area (Å²) in [6.07, 6.45) is 6.05. The maximum Gasteiger partial charge on any atom is 0.255 e. The zero-order valence-electron chi connectivity index (χ0n) is 21.5. The van der Waals surface area contributed by atoms with E-state index in [1.54, 1.807) is 22.9 Å². The van der Waals surface area contributed by atoms with Crippen LogP contribution in [0.1, 0.15) is 85.7 Å². The fraction of sp³-hybridized carbons (Fsp3) is 0.571. The van der Waals surface area contributed by atoms with Gasteiger partial charge in [-0.3, -0.25) is 9.59 Å². The zero-order valence-corrected chi connectivity index (χ0v) is 22.6. The molecule has 3 fully saturated rings. The van der Waals surface area contributed by atoms with E-state index in [4.69, 9.17) is 0 Å². The third-order valence-electron chi connectivity index (χ3n) is 8.55. The highest BCUT2D eigenvalue weighted by Crippen LogP contribution is 2.39. The van der Waals surface area contributed by atoms with Crippen LogP contribution < -0.4 is 21.5 Å². The predicted molar refractivity (Wildman–Crippen MR) is 146 cm³/mol. The van der Waals surface area contributed by atoms with Gasteiger partial charge >= 0.3 is 0 Å². The second-order valence-corrected chi connectivity index (χ2v) is 11.7. The zero-order chi connectivity index (χ0) is 25.6. The highest BCUT2D eigenvalue weighted by Gasteiger charge is 2.41. The van der Waals surface area contributed by atoms with Crippen molar-refractivity contribution in [3.05, 3.63) is 57.5 Å². The monoisotopic (exact) mass is 512 g/mol. The lowest BCUT2D eigenvalue weighted by Gasteiger charge is -2.37. The van der Waals surface area contributed by atoms with E-state index >= 15 is 0 Å². The molecule has 2 N–H and O–H groups in total. The van der Waals surface area contributed by atoms with E-state index < -0.39 is 6.17 Å². The molecule has 1 aliphatic heterocycles. The number of carbonyl (C=O) groups excluding carboxylic acids is 1. The van der Waals surface area contributed by atoms with Crippen molar-refractivity contribution >= 4 is 26.1 Å². The molecule has 1 aromatic carbocycles. The van der Waals surface area contributed by atoms with Crippen molar-refractivity contribution in [1.29, 1.82) is 0 Å². The third-order valence-corrected chi connectivity index (χ3v) is 9.21. The van der Waals surface area contributed by atoms with Crippen molar-refractivity contribution in [2.45, 2.75) is 70.2 Å². The van der Waals surface area contributed by atoms with Crippen LogP contribution in [0, 0.1) is 11.8 Å². The van der Waals surface area contributed by atoms with Crippen LogP contribution in [0.3, 0.4) is 0 Å². The number of nitrogens with zero attached hydrogens (tertiary/aromatic N) is 2. The number of anilines is 1. The number of carbonyl (C=O) groups is 1. The van der Waals surface area contributed by atoms with E-state index in [1.807, 2.05) is 19.1 Å². The van der Waals surface area contributed by atoms with E-state index in [2.05, 4.69) is 31.8 Å².